The monoisotopic (exact) mass is 331 g/mol. The molecule has 0 radical (unpaired) electrons. The first kappa shape index (κ1) is 15.8. The summed E-state index contributed by atoms with van der Waals surface area (Å²) in [5.41, 5.74) is 0.832. The van der Waals surface area contributed by atoms with Crippen molar-refractivity contribution in [3.8, 4) is 0 Å². The van der Waals surface area contributed by atoms with E-state index in [-0.39, 0.29) is 12.2 Å². The SMILES string of the molecule is O=C(CNc1ccc(F)c(F)c1F)Nc1cccc2cccnc12. The zero-order valence-corrected chi connectivity index (χ0v) is 12.3. The minimum Gasteiger partial charge on any atom is -0.374 e. The van der Waals surface area contributed by atoms with Crippen molar-refractivity contribution in [2.45, 2.75) is 0 Å². The summed E-state index contributed by atoms with van der Waals surface area (Å²) in [5.74, 6) is -4.71. The van der Waals surface area contributed by atoms with Crippen LogP contribution in [0.25, 0.3) is 10.9 Å². The molecule has 2 aromatic carbocycles. The topological polar surface area (TPSA) is 54.0 Å². The Bertz CT molecular complexity index is 909. The van der Waals surface area contributed by atoms with E-state index in [2.05, 4.69) is 15.6 Å². The van der Waals surface area contributed by atoms with Crippen LogP contribution < -0.4 is 10.6 Å². The maximum atomic E-state index is 13.5. The molecule has 122 valence electrons. The van der Waals surface area contributed by atoms with E-state index in [0.717, 1.165) is 17.5 Å². The van der Waals surface area contributed by atoms with Gasteiger partial charge in [-0.25, -0.2) is 13.2 Å². The van der Waals surface area contributed by atoms with Crippen LogP contribution >= 0.6 is 0 Å². The summed E-state index contributed by atoms with van der Waals surface area (Å²) in [6.45, 7) is -0.314. The summed E-state index contributed by atoms with van der Waals surface area (Å²) in [5, 5.41) is 5.94. The van der Waals surface area contributed by atoms with Crippen molar-refractivity contribution in [1.82, 2.24) is 4.98 Å². The van der Waals surface area contributed by atoms with Gasteiger partial charge in [0.15, 0.2) is 17.5 Å². The van der Waals surface area contributed by atoms with Crippen LogP contribution in [-0.2, 0) is 4.79 Å². The normalized spacial score (nSPS) is 10.6. The van der Waals surface area contributed by atoms with E-state index in [0.29, 0.717) is 11.2 Å². The van der Waals surface area contributed by atoms with Crippen molar-refractivity contribution in [2.24, 2.45) is 0 Å². The number of carbonyl (C=O) groups is 1. The van der Waals surface area contributed by atoms with E-state index >= 15 is 0 Å². The lowest BCUT2D eigenvalue weighted by Crippen LogP contribution is -2.22. The summed E-state index contributed by atoms with van der Waals surface area (Å²) < 4.78 is 39.5. The maximum absolute atomic E-state index is 13.5. The number of para-hydroxylation sites is 1. The molecule has 0 aliphatic carbocycles. The number of anilines is 2. The van der Waals surface area contributed by atoms with E-state index in [4.69, 9.17) is 0 Å². The number of nitrogens with zero attached hydrogens (tertiary/aromatic N) is 1. The Balaban J connectivity index is 1.71. The van der Waals surface area contributed by atoms with E-state index in [1.165, 1.54) is 0 Å². The average Bonchev–Trinajstić information content (AvgIpc) is 2.59. The Labute approximate surface area is 135 Å². The molecule has 0 fully saturated rings. The molecule has 0 unspecified atom stereocenters. The summed E-state index contributed by atoms with van der Waals surface area (Å²) in [6, 6.07) is 10.8. The van der Waals surface area contributed by atoms with Crippen LogP contribution in [0.1, 0.15) is 0 Å². The third-order valence-electron chi connectivity index (χ3n) is 3.38. The molecule has 0 aliphatic heterocycles. The van der Waals surface area contributed by atoms with Gasteiger partial charge in [0.1, 0.15) is 0 Å². The molecule has 1 amide bonds. The summed E-state index contributed by atoms with van der Waals surface area (Å²) in [7, 11) is 0. The Morgan fingerprint density at radius 2 is 1.75 bits per heavy atom. The van der Waals surface area contributed by atoms with Crippen molar-refractivity contribution < 1.29 is 18.0 Å². The number of amides is 1. The van der Waals surface area contributed by atoms with Gasteiger partial charge in [0.05, 0.1) is 23.4 Å². The largest absolute Gasteiger partial charge is 0.374 e. The molecule has 2 N–H and O–H groups in total. The minimum atomic E-state index is -1.58. The van der Waals surface area contributed by atoms with E-state index in [1.54, 1.807) is 24.4 Å². The summed E-state index contributed by atoms with van der Waals surface area (Å²) in [4.78, 5) is 16.2. The zero-order chi connectivity index (χ0) is 17.1. The van der Waals surface area contributed by atoms with Crippen molar-refractivity contribution in [1.29, 1.82) is 0 Å². The van der Waals surface area contributed by atoms with Crippen LogP contribution in [0.2, 0.25) is 0 Å². The molecule has 0 bridgehead atoms. The van der Waals surface area contributed by atoms with Gasteiger partial charge in [-0.05, 0) is 24.3 Å². The molecule has 1 heterocycles. The third-order valence-corrected chi connectivity index (χ3v) is 3.38. The highest BCUT2D eigenvalue weighted by atomic mass is 19.2. The van der Waals surface area contributed by atoms with Gasteiger partial charge in [0.2, 0.25) is 5.91 Å². The molecule has 1 aromatic heterocycles. The Morgan fingerprint density at radius 3 is 2.58 bits per heavy atom. The molecule has 0 spiro atoms. The molecule has 0 saturated carbocycles. The lowest BCUT2D eigenvalue weighted by molar-refractivity contribution is -0.114. The number of pyridine rings is 1. The molecule has 7 heteroatoms. The lowest BCUT2D eigenvalue weighted by Gasteiger charge is -2.10. The van der Waals surface area contributed by atoms with Gasteiger partial charge in [-0.15, -0.1) is 0 Å². The van der Waals surface area contributed by atoms with Crippen LogP contribution in [0, 0.1) is 17.5 Å². The van der Waals surface area contributed by atoms with Crippen LogP contribution in [0.5, 0.6) is 0 Å². The Hall–Kier alpha value is -3.09. The lowest BCUT2D eigenvalue weighted by atomic mass is 10.2. The van der Waals surface area contributed by atoms with Crippen molar-refractivity contribution in [3.05, 3.63) is 66.1 Å². The molecular formula is C17H12F3N3O. The zero-order valence-electron chi connectivity index (χ0n) is 12.3. The van der Waals surface area contributed by atoms with Gasteiger partial charge in [-0.3, -0.25) is 9.78 Å². The number of hydrogen-bond acceptors (Lipinski definition) is 3. The van der Waals surface area contributed by atoms with Crippen LogP contribution in [0.3, 0.4) is 0 Å². The van der Waals surface area contributed by atoms with Crippen LogP contribution in [0.15, 0.2) is 48.7 Å². The highest BCUT2D eigenvalue weighted by Crippen LogP contribution is 2.21. The minimum absolute atomic E-state index is 0.292. The molecule has 0 aliphatic rings. The van der Waals surface area contributed by atoms with E-state index < -0.39 is 23.4 Å². The molecule has 3 aromatic rings. The van der Waals surface area contributed by atoms with Crippen molar-refractivity contribution >= 4 is 28.2 Å². The second kappa shape index (κ2) is 6.57. The summed E-state index contributed by atoms with van der Waals surface area (Å²) >= 11 is 0. The Kier molecular flexibility index (Phi) is 4.33. The molecule has 4 nitrogen and oxygen atoms in total. The summed E-state index contributed by atoms with van der Waals surface area (Å²) in [6.07, 6.45) is 1.60. The number of aromatic nitrogens is 1. The molecule has 3 rings (SSSR count). The fraction of sp³-hybridized carbons (Fsp3) is 0.0588. The first-order valence-electron chi connectivity index (χ1n) is 7.07. The van der Waals surface area contributed by atoms with Gasteiger partial charge in [0.25, 0.3) is 0 Å². The van der Waals surface area contributed by atoms with Gasteiger partial charge < -0.3 is 10.6 Å². The predicted octanol–water partition coefficient (Wildman–Crippen LogP) is 3.70. The van der Waals surface area contributed by atoms with Crippen LogP contribution in [-0.4, -0.2) is 17.4 Å². The van der Waals surface area contributed by atoms with E-state index in [1.807, 2.05) is 12.1 Å². The fourth-order valence-electron chi connectivity index (χ4n) is 2.24. The van der Waals surface area contributed by atoms with E-state index in [9.17, 15) is 18.0 Å². The van der Waals surface area contributed by atoms with Gasteiger partial charge in [-0.2, -0.15) is 0 Å². The van der Waals surface area contributed by atoms with Crippen molar-refractivity contribution in [3.63, 3.8) is 0 Å². The second-order valence-electron chi connectivity index (χ2n) is 5.01. The first-order valence-corrected chi connectivity index (χ1v) is 7.07. The highest BCUT2D eigenvalue weighted by Gasteiger charge is 2.14. The standard InChI is InChI=1S/C17H12F3N3O/c18-11-6-7-12(16(20)15(11)19)22-9-14(24)23-13-5-1-3-10-4-2-8-21-17(10)13/h1-8,22H,9H2,(H,23,24). The van der Waals surface area contributed by atoms with Gasteiger partial charge >= 0.3 is 0 Å². The number of fused-ring (bicyclic) bond motifs is 1. The molecular weight excluding hydrogens is 319 g/mol. The number of benzene rings is 2. The third kappa shape index (κ3) is 3.15. The Morgan fingerprint density at radius 1 is 0.958 bits per heavy atom. The number of halogens is 3. The molecule has 0 saturated heterocycles. The maximum Gasteiger partial charge on any atom is 0.243 e. The second-order valence-corrected chi connectivity index (χ2v) is 5.01. The smallest absolute Gasteiger partial charge is 0.243 e. The number of nitrogens with one attached hydrogen (secondary N) is 2. The van der Waals surface area contributed by atoms with Crippen molar-refractivity contribution in [2.75, 3.05) is 17.2 Å². The van der Waals surface area contributed by atoms with Gasteiger partial charge in [-0.1, -0.05) is 18.2 Å². The van der Waals surface area contributed by atoms with Crippen LogP contribution in [0.4, 0.5) is 24.5 Å². The number of rotatable bonds is 4. The quantitative estimate of drug-likeness (QED) is 0.717. The first-order chi connectivity index (χ1) is 11.6. The molecule has 24 heavy (non-hydrogen) atoms. The highest BCUT2D eigenvalue weighted by molar-refractivity contribution is 6.01. The number of carbonyl (C=O) groups excluding carboxylic acids is 1. The predicted molar refractivity (Wildman–Crippen MR) is 85.2 cm³/mol. The molecule has 0 atom stereocenters. The number of hydrogen-bond donors (Lipinski definition) is 2. The average molecular weight is 331 g/mol. The fourth-order valence-corrected chi connectivity index (χ4v) is 2.24. The van der Waals surface area contributed by atoms with Gasteiger partial charge in [0, 0.05) is 11.6 Å².